The Balaban J connectivity index is 1.70. The van der Waals surface area contributed by atoms with E-state index in [0.29, 0.717) is 28.3 Å². The molecule has 1 aliphatic rings. The second kappa shape index (κ2) is 11.4. The highest BCUT2D eigenvalue weighted by molar-refractivity contribution is 7.91. The average molecular weight is 544 g/mol. The minimum Gasteiger partial charge on any atom is -0.339 e. The summed E-state index contributed by atoms with van der Waals surface area (Å²) in [6.07, 6.45) is 2.20. The second-order valence-electron chi connectivity index (χ2n) is 9.27. The number of rotatable bonds is 8. The Morgan fingerprint density at radius 2 is 1.95 bits per heavy atom. The van der Waals surface area contributed by atoms with Gasteiger partial charge in [-0.3, -0.25) is 19.4 Å². The number of hydrogen-bond acceptors (Lipinski definition) is 9. The summed E-state index contributed by atoms with van der Waals surface area (Å²) >= 11 is 0.969. The summed E-state index contributed by atoms with van der Waals surface area (Å²) in [5.74, 6) is -1.94. The number of para-hydroxylation sites is 2. The molecule has 2 N–H and O–H groups in total. The molecule has 0 spiro atoms. The molecule has 10 nitrogen and oxygen atoms in total. The second-order valence-corrected chi connectivity index (χ2v) is 12.3. The van der Waals surface area contributed by atoms with Gasteiger partial charge in [-0.25, -0.2) is 17.7 Å². The molecule has 3 aromatic rings. The van der Waals surface area contributed by atoms with Crippen LogP contribution < -0.4 is 10.6 Å². The minimum absolute atomic E-state index is 0.00247. The van der Waals surface area contributed by atoms with Crippen LogP contribution in [0.2, 0.25) is 0 Å². The summed E-state index contributed by atoms with van der Waals surface area (Å²) in [6, 6.07) is 7.68. The van der Waals surface area contributed by atoms with Crippen molar-refractivity contribution >= 4 is 50.0 Å². The highest BCUT2D eigenvalue weighted by Crippen LogP contribution is 2.27. The third kappa shape index (κ3) is 6.03. The van der Waals surface area contributed by atoms with Crippen LogP contribution in [0.15, 0.2) is 52.2 Å². The van der Waals surface area contributed by atoms with Crippen LogP contribution in [0, 0.1) is 5.92 Å². The lowest BCUT2D eigenvalue weighted by Crippen LogP contribution is -2.56. The molecule has 1 saturated heterocycles. The molecule has 1 aromatic carbocycles. The smallest absolute Gasteiger partial charge is 0.276 e. The Hall–Kier alpha value is -3.22. The summed E-state index contributed by atoms with van der Waals surface area (Å²) in [4.78, 5) is 48.7. The molecule has 12 heteroatoms. The number of ketones is 1. The number of sulfonamides is 1. The van der Waals surface area contributed by atoms with Gasteiger partial charge in [0.15, 0.2) is 5.78 Å². The molecular formula is C25H29N5O5S2. The number of Topliss-reactive ketones (excluding diaryl/α,β-unsaturated/α-hetero) is 1. The van der Waals surface area contributed by atoms with Gasteiger partial charge < -0.3 is 10.6 Å². The van der Waals surface area contributed by atoms with Crippen molar-refractivity contribution in [3.63, 3.8) is 0 Å². The molecule has 0 saturated carbocycles. The van der Waals surface area contributed by atoms with Crippen molar-refractivity contribution in [2.45, 2.75) is 49.4 Å². The van der Waals surface area contributed by atoms with Gasteiger partial charge in [0.2, 0.25) is 0 Å². The number of nitrogens with one attached hydrogen (secondary N) is 2. The molecule has 2 aromatic heterocycles. The molecule has 1 aliphatic heterocycles. The van der Waals surface area contributed by atoms with Gasteiger partial charge in [0.05, 0.1) is 23.8 Å². The molecule has 4 rings (SSSR count). The number of benzene rings is 1. The Kier molecular flexibility index (Phi) is 8.30. The third-order valence-electron chi connectivity index (χ3n) is 6.00. The fraction of sp³-hybridized carbons (Fsp3) is 0.400. The first kappa shape index (κ1) is 26.8. The molecule has 2 atom stereocenters. The Labute approximate surface area is 219 Å². The first-order chi connectivity index (χ1) is 17.7. The summed E-state index contributed by atoms with van der Waals surface area (Å²) in [7, 11) is -4.34. The van der Waals surface area contributed by atoms with Crippen molar-refractivity contribution in [2.24, 2.45) is 5.92 Å². The Morgan fingerprint density at radius 3 is 2.65 bits per heavy atom. The fourth-order valence-electron chi connectivity index (χ4n) is 4.25. The maximum absolute atomic E-state index is 14.0. The Bertz CT molecular complexity index is 1390. The Morgan fingerprint density at radius 1 is 1.19 bits per heavy atom. The van der Waals surface area contributed by atoms with Crippen LogP contribution in [0.4, 0.5) is 0 Å². The zero-order valence-electron chi connectivity index (χ0n) is 20.6. The summed E-state index contributed by atoms with van der Waals surface area (Å²) in [6.45, 7) is 4.22. The maximum atomic E-state index is 14.0. The largest absolute Gasteiger partial charge is 0.339 e. The number of hydrogen-bond donors (Lipinski definition) is 2. The maximum Gasteiger partial charge on any atom is 0.276 e. The van der Waals surface area contributed by atoms with Crippen molar-refractivity contribution in [3.8, 4) is 0 Å². The van der Waals surface area contributed by atoms with E-state index in [1.807, 2.05) is 13.8 Å². The van der Waals surface area contributed by atoms with Gasteiger partial charge in [-0.05, 0) is 55.3 Å². The van der Waals surface area contributed by atoms with Crippen LogP contribution in [0.1, 0.15) is 43.6 Å². The number of nitrogens with zero attached hydrogens (tertiary/aromatic N) is 3. The zero-order valence-corrected chi connectivity index (χ0v) is 22.2. The van der Waals surface area contributed by atoms with Crippen molar-refractivity contribution < 1.29 is 22.8 Å². The molecule has 3 heterocycles. The molecule has 1 unspecified atom stereocenters. The lowest BCUT2D eigenvalue weighted by molar-refractivity contribution is -0.135. The quantitative estimate of drug-likeness (QED) is 0.442. The van der Waals surface area contributed by atoms with Gasteiger partial charge in [0.25, 0.3) is 21.8 Å². The molecule has 2 amide bonds. The van der Waals surface area contributed by atoms with Crippen molar-refractivity contribution in [1.29, 1.82) is 0 Å². The van der Waals surface area contributed by atoms with E-state index in [1.54, 1.807) is 35.7 Å². The summed E-state index contributed by atoms with van der Waals surface area (Å²) in [5, 5.41) is 7.24. The first-order valence-corrected chi connectivity index (χ1v) is 14.4. The predicted molar refractivity (Wildman–Crippen MR) is 139 cm³/mol. The number of fused-ring (bicyclic) bond motifs is 1. The zero-order chi connectivity index (χ0) is 26.6. The van der Waals surface area contributed by atoms with Crippen LogP contribution in [0.5, 0.6) is 0 Å². The van der Waals surface area contributed by atoms with Gasteiger partial charge >= 0.3 is 0 Å². The van der Waals surface area contributed by atoms with Gasteiger partial charge in [0.1, 0.15) is 22.0 Å². The number of amides is 2. The molecular weight excluding hydrogens is 514 g/mol. The SMILES string of the molecule is CC(C)CC(NC(=O)c1cnc2ccccc2n1)C(=O)N([C@H]1CCCNCC1=O)S(=O)(=O)c1cccs1. The standard InChI is InChI=1S/C25H29N5O5S2/c1-16(2)13-19(29-24(32)20-14-27-17-7-3-4-8-18(17)28-20)25(33)30(21-9-5-11-26-15-22(21)31)37(34,35)23-10-6-12-36-23/h3-4,6-8,10,12,14,16,19,21,26H,5,9,11,13,15H2,1-2H3,(H,29,32)/t19?,21-/m0/s1. The van der Waals surface area contributed by atoms with Gasteiger partial charge in [-0.2, -0.15) is 0 Å². The van der Waals surface area contributed by atoms with Crippen LogP contribution in [0.3, 0.4) is 0 Å². The molecule has 0 bridgehead atoms. The van der Waals surface area contributed by atoms with E-state index in [2.05, 4.69) is 20.6 Å². The number of carbonyl (C=O) groups excluding carboxylic acids is 3. The molecule has 0 aliphatic carbocycles. The highest BCUT2D eigenvalue weighted by atomic mass is 32.2. The number of aromatic nitrogens is 2. The van der Waals surface area contributed by atoms with E-state index in [-0.39, 0.29) is 41.0 Å². The van der Waals surface area contributed by atoms with Crippen LogP contribution >= 0.6 is 11.3 Å². The van der Waals surface area contributed by atoms with Gasteiger partial charge in [0, 0.05) is 0 Å². The molecule has 37 heavy (non-hydrogen) atoms. The van der Waals surface area contributed by atoms with E-state index in [0.717, 1.165) is 11.3 Å². The fourth-order valence-corrected chi connectivity index (χ4v) is 6.96. The van der Waals surface area contributed by atoms with Gasteiger partial charge in [-0.15, -0.1) is 11.3 Å². The van der Waals surface area contributed by atoms with E-state index >= 15 is 0 Å². The van der Waals surface area contributed by atoms with E-state index in [9.17, 15) is 22.8 Å². The van der Waals surface area contributed by atoms with E-state index in [1.165, 1.54) is 12.3 Å². The van der Waals surface area contributed by atoms with Gasteiger partial charge in [-0.1, -0.05) is 32.0 Å². The average Bonchev–Trinajstić information content (AvgIpc) is 3.35. The third-order valence-corrected chi connectivity index (χ3v) is 9.18. The minimum atomic E-state index is -4.34. The summed E-state index contributed by atoms with van der Waals surface area (Å²) < 4.78 is 28.0. The first-order valence-electron chi connectivity index (χ1n) is 12.1. The summed E-state index contributed by atoms with van der Waals surface area (Å²) in [5.41, 5.74) is 1.13. The number of carbonyl (C=O) groups is 3. The van der Waals surface area contributed by atoms with Crippen LogP contribution in [-0.2, 0) is 19.6 Å². The normalized spacial score (nSPS) is 17.4. The monoisotopic (exact) mass is 543 g/mol. The van der Waals surface area contributed by atoms with Crippen molar-refractivity contribution in [2.75, 3.05) is 13.1 Å². The highest BCUT2D eigenvalue weighted by Gasteiger charge is 2.43. The van der Waals surface area contributed by atoms with Crippen LogP contribution in [-0.4, -0.2) is 65.5 Å². The molecule has 196 valence electrons. The lowest BCUT2D eigenvalue weighted by Gasteiger charge is -2.32. The number of thiophene rings is 1. The van der Waals surface area contributed by atoms with Crippen molar-refractivity contribution in [3.05, 3.63) is 53.7 Å². The predicted octanol–water partition coefficient (Wildman–Crippen LogP) is 2.37. The lowest BCUT2D eigenvalue weighted by atomic mass is 10.0. The topological polar surface area (TPSA) is 138 Å². The van der Waals surface area contributed by atoms with Crippen molar-refractivity contribution in [1.82, 2.24) is 24.9 Å². The van der Waals surface area contributed by atoms with E-state index < -0.39 is 33.9 Å². The van der Waals surface area contributed by atoms with Crippen LogP contribution in [0.25, 0.3) is 11.0 Å². The molecule has 0 radical (unpaired) electrons. The molecule has 1 fully saturated rings. The van der Waals surface area contributed by atoms with E-state index in [4.69, 9.17) is 0 Å².